The molecule has 10 nitrogen and oxygen atoms in total. The molecule has 0 spiro atoms. The molecule has 0 aliphatic carbocycles. The summed E-state index contributed by atoms with van der Waals surface area (Å²) in [6.45, 7) is 0. The SMILES string of the molecule is COC(=O)[C@H]1C[C@@]2(C(=O)OC)NC1C(C(=O)OC)(C(=O)OC)C2c1ccc(Cl)nc1. The number of pyridine rings is 1. The van der Waals surface area contributed by atoms with Crippen molar-refractivity contribution < 1.29 is 38.1 Å². The zero-order valence-electron chi connectivity index (χ0n) is 16.8. The quantitative estimate of drug-likeness (QED) is 0.294. The van der Waals surface area contributed by atoms with E-state index >= 15 is 0 Å². The fourth-order valence-electron chi connectivity index (χ4n) is 4.93. The van der Waals surface area contributed by atoms with Crippen LogP contribution in [-0.2, 0) is 38.1 Å². The van der Waals surface area contributed by atoms with Crippen LogP contribution in [-0.4, -0.2) is 68.9 Å². The molecule has 0 amide bonds. The van der Waals surface area contributed by atoms with Crippen molar-refractivity contribution in [2.24, 2.45) is 11.3 Å². The molecule has 30 heavy (non-hydrogen) atoms. The van der Waals surface area contributed by atoms with Crippen LogP contribution in [0, 0.1) is 11.3 Å². The largest absolute Gasteiger partial charge is 0.469 e. The van der Waals surface area contributed by atoms with Gasteiger partial charge in [-0.3, -0.25) is 24.5 Å². The number of carbonyl (C=O) groups excluding carboxylic acids is 4. The molecule has 2 aliphatic rings. The zero-order chi connectivity index (χ0) is 22.3. The van der Waals surface area contributed by atoms with Crippen molar-refractivity contribution in [3.63, 3.8) is 0 Å². The molecule has 3 heterocycles. The van der Waals surface area contributed by atoms with Crippen LogP contribution in [0.25, 0.3) is 0 Å². The highest BCUT2D eigenvalue weighted by molar-refractivity contribution is 6.29. The highest BCUT2D eigenvalue weighted by atomic mass is 35.5. The number of hydrogen-bond donors (Lipinski definition) is 1. The lowest BCUT2D eigenvalue weighted by atomic mass is 9.56. The van der Waals surface area contributed by atoms with Gasteiger partial charge in [-0.15, -0.1) is 0 Å². The Morgan fingerprint density at radius 2 is 1.60 bits per heavy atom. The van der Waals surface area contributed by atoms with Crippen LogP contribution in [0.4, 0.5) is 0 Å². The number of methoxy groups -OCH3 is 4. The van der Waals surface area contributed by atoms with Crippen LogP contribution < -0.4 is 5.32 Å². The summed E-state index contributed by atoms with van der Waals surface area (Å²) in [5, 5.41) is 3.18. The molecular weight excluding hydrogens is 420 g/mol. The molecule has 2 bridgehead atoms. The molecule has 0 radical (unpaired) electrons. The average molecular weight is 441 g/mol. The van der Waals surface area contributed by atoms with Gasteiger partial charge >= 0.3 is 23.9 Å². The first-order valence-electron chi connectivity index (χ1n) is 8.96. The number of rotatable bonds is 5. The molecule has 2 saturated heterocycles. The second-order valence-electron chi connectivity index (χ2n) is 7.12. The van der Waals surface area contributed by atoms with Crippen LogP contribution >= 0.6 is 11.6 Å². The summed E-state index contributed by atoms with van der Waals surface area (Å²) in [6.07, 6.45) is 1.29. The van der Waals surface area contributed by atoms with Crippen molar-refractivity contribution in [1.82, 2.24) is 10.3 Å². The lowest BCUT2D eigenvalue weighted by Crippen LogP contribution is -2.60. The summed E-state index contributed by atoms with van der Waals surface area (Å²) < 4.78 is 19.8. The zero-order valence-corrected chi connectivity index (χ0v) is 17.5. The maximum atomic E-state index is 13.2. The molecular formula is C19H21ClN2O8. The molecule has 1 aromatic heterocycles. The number of hydrogen-bond acceptors (Lipinski definition) is 10. The third-order valence-electron chi connectivity index (χ3n) is 5.98. The number of fused-ring (bicyclic) bond motifs is 2. The summed E-state index contributed by atoms with van der Waals surface area (Å²) in [5.74, 6) is -5.54. The second kappa shape index (κ2) is 7.84. The van der Waals surface area contributed by atoms with Gasteiger partial charge in [0.05, 0.1) is 34.4 Å². The van der Waals surface area contributed by atoms with Gasteiger partial charge in [0.1, 0.15) is 10.7 Å². The van der Waals surface area contributed by atoms with E-state index in [0.29, 0.717) is 5.56 Å². The van der Waals surface area contributed by atoms with E-state index in [9.17, 15) is 19.2 Å². The van der Waals surface area contributed by atoms with Gasteiger partial charge in [-0.1, -0.05) is 17.7 Å². The van der Waals surface area contributed by atoms with E-state index in [1.165, 1.54) is 26.5 Å². The first-order valence-corrected chi connectivity index (χ1v) is 9.34. The van der Waals surface area contributed by atoms with E-state index in [4.69, 9.17) is 30.5 Å². The number of aromatic nitrogens is 1. The standard InChI is InChI=1S/C19H21ClN2O8/c1-27-14(23)10-7-18(15(24)28-2)12(9-5-6-11(20)21-8-9)19(13(10)22-18,16(25)29-3)17(26)30-4/h5-6,8,10,12-13,22H,7H2,1-4H3/t10-,12?,13?,18+/m0/s1. The minimum atomic E-state index is -2.08. The molecule has 2 unspecified atom stereocenters. The number of nitrogens with zero attached hydrogens (tertiary/aromatic N) is 1. The Morgan fingerprint density at radius 3 is 2.07 bits per heavy atom. The van der Waals surface area contributed by atoms with Gasteiger partial charge < -0.3 is 18.9 Å². The van der Waals surface area contributed by atoms with Crippen molar-refractivity contribution in [3.8, 4) is 0 Å². The highest BCUT2D eigenvalue weighted by Gasteiger charge is 2.80. The average Bonchev–Trinajstić information content (AvgIpc) is 3.31. The Balaban J connectivity index is 2.35. The molecule has 2 aliphatic heterocycles. The molecule has 2 fully saturated rings. The predicted octanol–water partition coefficient (Wildman–Crippen LogP) is 0.228. The van der Waals surface area contributed by atoms with Gasteiger partial charge in [-0.05, 0) is 18.1 Å². The Bertz CT molecular complexity index is 873. The fraction of sp³-hybridized carbons (Fsp3) is 0.526. The summed E-state index contributed by atoms with van der Waals surface area (Å²) in [5.41, 5.74) is -3.35. The van der Waals surface area contributed by atoms with E-state index in [1.807, 2.05) is 0 Å². The Morgan fingerprint density at radius 1 is 1.00 bits per heavy atom. The van der Waals surface area contributed by atoms with Gasteiger partial charge in [0.25, 0.3) is 0 Å². The van der Waals surface area contributed by atoms with Gasteiger partial charge in [-0.25, -0.2) is 4.98 Å². The Kier molecular flexibility index (Phi) is 5.74. The topological polar surface area (TPSA) is 130 Å². The molecule has 1 aromatic rings. The minimum absolute atomic E-state index is 0.0694. The van der Waals surface area contributed by atoms with Crippen LogP contribution in [0.3, 0.4) is 0 Å². The summed E-state index contributed by atoms with van der Waals surface area (Å²) in [7, 11) is 4.56. The smallest absolute Gasteiger partial charge is 0.326 e. The number of carbonyl (C=O) groups is 4. The monoisotopic (exact) mass is 440 g/mol. The number of halogens is 1. The summed E-state index contributed by atoms with van der Waals surface area (Å²) in [4.78, 5) is 55.9. The molecule has 0 aromatic carbocycles. The highest BCUT2D eigenvalue weighted by Crippen LogP contribution is 2.62. The normalized spacial score (nSPS) is 28.5. The second-order valence-corrected chi connectivity index (χ2v) is 7.51. The lowest BCUT2D eigenvalue weighted by molar-refractivity contribution is -0.176. The van der Waals surface area contributed by atoms with Crippen LogP contribution in [0.5, 0.6) is 0 Å². The molecule has 11 heteroatoms. The van der Waals surface area contributed by atoms with Gasteiger partial charge in [0, 0.05) is 18.2 Å². The van der Waals surface area contributed by atoms with Crippen molar-refractivity contribution in [2.75, 3.05) is 28.4 Å². The number of nitrogens with one attached hydrogen (secondary N) is 1. The van der Waals surface area contributed by atoms with Crippen molar-refractivity contribution in [3.05, 3.63) is 29.0 Å². The maximum Gasteiger partial charge on any atom is 0.326 e. The van der Waals surface area contributed by atoms with E-state index in [-0.39, 0.29) is 11.6 Å². The minimum Gasteiger partial charge on any atom is -0.469 e. The van der Waals surface area contributed by atoms with E-state index in [1.54, 1.807) is 6.07 Å². The molecule has 1 N–H and O–H groups in total. The fourth-order valence-corrected chi connectivity index (χ4v) is 5.04. The van der Waals surface area contributed by atoms with Crippen LogP contribution in [0.2, 0.25) is 5.15 Å². The van der Waals surface area contributed by atoms with Gasteiger partial charge in [-0.2, -0.15) is 0 Å². The van der Waals surface area contributed by atoms with E-state index < -0.39 is 52.7 Å². The Labute approximate surface area is 177 Å². The van der Waals surface area contributed by atoms with Gasteiger partial charge in [0.15, 0.2) is 5.41 Å². The van der Waals surface area contributed by atoms with E-state index in [0.717, 1.165) is 14.2 Å². The third kappa shape index (κ3) is 2.78. The lowest BCUT2D eigenvalue weighted by Gasteiger charge is -2.43. The summed E-state index contributed by atoms with van der Waals surface area (Å²) in [6, 6.07) is 1.86. The predicted molar refractivity (Wildman–Crippen MR) is 100 cm³/mol. The third-order valence-corrected chi connectivity index (χ3v) is 6.20. The van der Waals surface area contributed by atoms with Crippen molar-refractivity contribution in [2.45, 2.75) is 23.9 Å². The van der Waals surface area contributed by atoms with E-state index in [2.05, 4.69) is 10.3 Å². The Hall–Kier alpha value is -2.72. The first kappa shape index (κ1) is 22.0. The van der Waals surface area contributed by atoms with Crippen LogP contribution in [0.1, 0.15) is 17.9 Å². The number of esters is 4. The molecule has 3 rings (SSSR count). The van der Waals surface area contributed by atoms with Crippen molar-refractivity contribution in [1.29, 1.82) is 0 Å². The molecule has 0 saturated carbocycles. The number of ether oxygens (including phenoxy) is 4. The summed E-state index contributed by atoms with van der Waals surface area (Å²) >= 11 is 5.89. The van der Waals surface area contributed by atoms with Crippen LogP contribution in [0.15, 0.2) is 18.3 Å². The molecule has 4 atom stereocenters. The first-order chi connectivity index (χ1) is 14.2. The molecule has 162 valence electrons. The van der Waals surface area contributed by atoms with Gasteiger partial charge in [0.2, 0.25) is 0 Å². The van der Waals surface area contributed by atoms with Crippen molar-refractivity contribution >= 4 is 35.5 Å². The maximum absolute atomic E-state index is 13.2.